The van der Waals surface area contributed by atoms with Crippen molar-refractivity contribution in [1.82, 2.24) is 19.6 Å². The lowest BCUT2D eigenvalue weighted by Crippen LogP contribution is -2.40. The molecule has 3 heterocycles. The number of aromatic nitrogens is 2. The number of carbonyl (C=O) groups excluding carboxylic acids is 1. The Balaban J connectivity index is 1.21. The number of aryl methyl sites for hydroxylation is 1. The zero-order valence-electron chi connectivity index (χ0n) is 18.5. The molecule has 1 aliphatic heterocycles. The normalized spacial score (nSPS) is 16.5. The monoisotopic (exact) mass is 468 g/mol. The molecule has 1 saturated heterocycles. The van der Waals surface area contributed by atoms with Crippen molar-refractivity contribution in [2.75, 3.05) is 26.2 Å². The van der Waals surface area contributed by atoms with E-state index in [0.717, 1.165) is 39.4 Å². The molecule has 0 spiro atoms. The van der Waals surface area contributed by atoms with Crippen LogP contribution in [0.3, 0.4) is 0 Å². The molecule has 1 fully saturated rings. The summed E-state index contributed by atoms with van der Waals surface area (Å²) in [5, 5.41) is 2.95. The van der Waals surface area contributed by atoms with E-state index in [2.05, 4.69) is 34.8 Å². The Morgan fingerprint density at radius 2 is 2.00 bits per heavy atom. The van der Waals surface area contributed by atoms with Crippen molar-refractivity contribution in [3.05, 3.63) is 59.8 Å². The topological polar surface area (TPSA) is 49.6 Å². The predicted octanol–water partition coefficient (Wildman–Crippen LogP) is 5.38. The van der Waals surface area contributed by atoms with E-state index in [1.54, 1.807) is 11.3 Å². The molecule has 5 nitrogen and oxygen atoms in total. The maximum absolute atomic E-state index is 13.2. The van der Waals surface area contributed by atoms with Crippen molar-refractivity contribution >= 4 is 32.4 Å². The number of nitrogens with zero attached hydrogens (tertiary/aromatic N) is 3. The summed E-state index contributed by atoms with van der Waals surface area (Å²) in [7, 11) is 0. The molecule has 0 aliphatic carbocycles. The SMILES string of the molecule is Cc1cccc(-c2cn3c(n2)sc2cc(C(=O)NCCCN4CCC(F)(F)CC4)ccc23)c1. The molecule has 0 unspecified atom stereocenters. The summed E-state index contributed by atoms with van der Waals surface area (Å²) in [6, 6.07) is 14.0. The second-order valence-electron chi connectivity index (χ2n) is 8.74. The van der Waals surface area contributed by atoms with Crippen molar-refractivity contribution in [2.24, 2.45) is 0 Å². The molecule has 0 atom stereocenters. The molecule has 1 amide bonds. The third-order valence-corrected chi connectivity index (χ3v) is 7.21. The van der Waals surface area contributed by atoms with Crippen LogP contribution in [0.15, 0.2) is 48.7 Å². The van der Waals surface area contributed by atoms with Gasteiger partial charge < -0.3 is 10.2 Å². The summed E-state index contributed by atoms with van der Waals surface area (Å²) in [5.41, 5.74) is 4.87. The Hall–Kier alpha value is -2.84. The number of benzene rings is 2. The van der Waals surface area contributed by atoms with Crippen molar-refractivity contribution < 1.29 is 13.6 Å². The van der Waals surface area contributed by atoms with Gasteiger partial charge in [-0.3, -0.25) is 9.20 Å². The van der Waals surface area contributed by atoms with E-state index in [-0.39, 0.29) is 18.7 Å². The average molecular weight is 469 g/mol. The Morgan fingerprint density at radius 3 is 2.79 bits per heavy atom. The van der Waals surface area contributed by atoms with E-state index in [0.29, 0.717) is 25.2 Å². The minimum atomic E-state index is -2.52. The van der Waals surface area contributed by atoms with Crippen LogP contribution in [-0.4, -0.2) is 52.3 Å². The fourth-order valence-electron chi connectivity index (χ4n) is 4.30. The van der Waals surface area contributed by atoms with Crippen molar-refractivity contribution in [3.8, 4) is 11.3 Å². The van der Waals surface area contributed by atoms with E-state index in [1.807, 2.05) is 35.4 Å². The summed E-state index contributed by atoms with van der Waals surface area (Å²) in [4.78, 5) is 20.3. The molecule has 8 heteroatoms. The number of hydrogen-bond acceptors (Lipinski definition) is 4. The number of alkyl halides is 2. The van der Waals surface area contributed by atoms with E-state index < -0.39 is 5.92 Å². The van der Waals surface area contributed by atoms with E-state index in [9.17, 15) is 13.6 Å². The van der Waals surface area contributed by atoms with Gasteiger partial charge in [0, 0.05) is 49.8 Å². The quantitative estimate of drug-likeness (QED) is 0.387. The number of imidazole rings is 1. The van der Waals surface area contributed by atoms with Gasteiger partial charge in [0.15, 0.2) is 4.96 Å². The van der Waals surface area contributed by atoms with Crippen LogP contribution in [0.4, 0.5) is 8.78 Å². The molecule has 0 bridgehead atoms. The molecule has 5 rings (SSSR count). The predicted molar refractivity (Wildman–Crippen MR) is 128 cm³/mol. The van der Waals surface area contributed by atoms with Crippen LogP contribution in [0.25, 0.3) is 26.4 Å². The molecule has 2 aromatic heterocycles. The van der Waals surface area contributed by atoms with Crippen LogP contribution >= 0.6 is 11.3 Å². The Bertz CT molecular complexity index is 1300. The summed E-state index contributed by atoms with van der Waals surface area (Å²) >= 11 is 1.56. The van der Waals surface area contributed by atoms with Crippen LogP contribution in [0.5, 0.6) is 0 Å². The first kappa shape index (κ1) is 22.0. The molecular formula is C25H26F2N4OS. The fourth-order valence-corrected chi connectivity index (χ4v) is 5.34. The van der Waals surface area contributed by atoms with Gasteiger partial charge >= 0.3 is 0 Å². The van der Waals surface area contributed by atoms with Crippen LogP contribution in [0.2, 0.25) is 0 Å². The minimum Gasteiger partial charge on any atom is -0.352 e. The van der Waals surface area contributed by atoms with E-state index >= 15 is 0 Å². The summed E-state index contributed by atoms with van der Waals surface area (Å²) in [5.74, 6) is -2.64. The maximum atomic E-state index is 13.2. The molecule has 4 aromatic rings. The van der Waals surface area contributed by atoms with Crippen LogP contribution < -0.4 is 5.32 Å². The highest BCUT2D eigenvalue weighted by Crippen LogP contribution is 2.30. The van der Waals surface area contributed by atoms with Gasteiger partial charge in [-0.25, -0.2) is 13.8 Å². The lowest BCUT2D eigenvalue weighted by molar-refractivity contribution is -0.0550. The lowest BCUT2D eigenvalue weighted by Gasteiger charge is -2.31. The standard InChI is InChI=1S/C25H26F2N4OS/c1-17-4-2-5-18(14-17)20-16-31-21-7-6-19(15-22(21)33-24(31)29-20)23(32)28-10-3-11-30-12-8-25(26,27)9-13-30/h2,4-7,14-16H,3,8-13H2,1H3,(H,28,32). The summed E-state index contributed by atoms with van der Waals surface area (Å²) < 4.78 is 29.6. The third-order valence-electron chi connectivity index (χ3n) is 6.19. The second-order valence-corrected chi connectivity index (χ2v) is 9.75. The van der Waals surface area contributed by atoms with Crippen LogP contribution in [-0.2, 0) is 0 Å². The van der Waals surface area contributed by atoms with Gasteiger partial charge in [-0.2, -0.15) is 0 Å². The highest BCUT2D eigenvalue weighted by molar-refractivity contribution is 7.23. The molecule has 0 saturated carbocycles. The molecule has 1 aliphatic rings. The van der Waals surface area contributed by atoms with Gasteiger partial charge in [-0.15, -0.1) is 0 Å². The minimum absolute atomic E-state index is 0.0733. The number of piperidine rings is 1. The van der Waals surface area contributed by atoms with Gasteiger partial charge in [0.2, 0.25) is 0 Å². The second kappa shape index (κ2) is 8.83. The van der Waals surface area contributed by atoms with Crippen LogP contribution in [0.1, 0.15) is 35.2 Å². The van der Waals surface area contributed by atoms with Gasteiger partial charge in [0.1, 0.15) is 0 Å². The highest BCUT2D eigenvalue weighted by Gasteiger charge is 2.33. The number of fused-ring (bicyclic) bond motifs is 3. The number of likely N-dealkylation sites (tertiary alicyclic amines) is 1. The van der Waals surface area contributed by atoms with Crippen LogP contribution in [0, 0.1) is 6.92 Å². The molecule has 0 radical (unpaired) electrons. The zero-order chi connectivity index (χ0) is 23.0. The smallest absolute Gasteiger partial charge is 0.251 e. The van der Waals surface area contributed by atoms with Crippen molar-refractivity contribution in [2.45, 2.75) is 32.1 Å². The van der Waals surface area contributed by atoms with Gasteiger partial charge in [-0.05, 0) is 44.2 Å². The average Bonchev–Trinajstić information content (AvgIpc) is 3.35. The maximum Gasteiger partial charge on any atom is 0.251 e. The Labute approximate surface area is 195 Å². The van der Waals surface area contributed by atoms with Gasteiger partial charge in [0.05, 0.1) is 15.9 Å². The first-order valence-corrected chi connectivity index (χ1v) is 12.1. The lowest BCUT2D eigenvalue weighted by atomic mass is 10.1. The summed E-state index contributed by atoms with van der Waals surface area (Å²) in [6.45, 7) is 4.16. The molecular weight excluding hydrogens is 442 g/mol. The largest absolute Gasteiger partial charge is 0.352 e. The number of nitrogens with one attached hydrogen (secondary N) is 1. The fraction of sp³-hybridized carbons (Fsp3) is 0.360. The number of halogens is 2. The molecule has 2 aromatic carbocycles. The molecule has 33 heavy (non-hydrogen) atoms. The summed E-state index contributed by atoms with van der Waals surface area (Å²) in [6.07, 6.45) is 2.64. The number of hydrogen-bond donors (Lipinski definition) is 1. The Kier molecular flexibility index (Phi) is 5.88. The number of rotatable bonds is 6. The first-order valence-electron chi connectivity index (χ1n) is 11.3. The Morgan fingerprint density at radius 1 is 1.18 bits per heavy atom. The zero-order valence-corrected chi connectivity index (χ0v) is 19.3. The van der Waals surface area contributed by atoms with Crippen molar-refractivity contribution in [1.29, 1.82) is 0 Å². The number of thiazole rings is 1. The number of amides is 1. The van der Waals surface area contributed by atoms with Gasteiger partial charge in [-0.1, -0.05) is 35.1 Å². The molecule has 1 N–H and O–H groups in total. The number of carbonyl (C=O) groups is 1. The first-order chi connectivity index (χ1) is 15.9. The van der Waals surface area contributed by atoms with Crippen molar-refractivity contribution in [3.63, 3.8) is 0 Å². The molecule has 172 valence electrons. The van der Waals surface area contributed by atoms with E-state index in [4.69, 9.17) is 4.98 Å². The van der Waals surface area contributed by atoms with E-state index in [1.165, 1.54) is 5.56 Å². The third kappa shape index (κ3) is 4.77. The highest BCUT2D eigenvalue weighted by atomic mass is 32.1. The van der Waals surface area contributed by atoms with Gasteiger partial charge in [0.25, 0.3) is 11.8 Å².